The Morgan fingerprint density at radius 3 is 2.39 bits per heavy atom. The van der Waals surface area contributed by atoms with Gasteiger partial charge in [0.25, 0.3) is 0 Å². The largest absolute Gasteiger partial charge is 0.437 e. The van der Waals surface area contributed by atoms with Crippen molar-refractivity contribution in [3.05, 3.63) is 83.7 Å². The Hall–Kier alpha value is -3.46. The maximum absolute atomic E-state index is 6.26. The first kappa shape index (κ1) is 16.7. The third-order valence-electron chi connectivity index (χ3n) is 5.26. The van der Waals surface area contributed by atoms with Crippen LogP contribution in [-0.4, -0.2) is 9.97 Å². The highest BCUT2D eigenvalue weighted by Gasteiger charge is 2.19. The Morgan fingerprint density at radius 1 is 0.786 bits per heavy atom. The lowest BCUT2D eigenvalue weighted by Gasteiger charge is -2.12. The minimum Gasteiger partial charge on any atom is -0.437 e. The van der Waals surface area contributed by atoms with E-state index in [4.69, 9.17) is 9.40 Å². The Bertz CT molecular complexity index is 1330. The zero-order chi connectivity index (χ0) is 19.3. The second kappa shape index (κ2) is 6.31. The molecule has 0 aliphatic heterocycles. The number of rotatable bonds is 2. The zero-order valence-corrected chi connectivity index (χ0v) is 16.2. The number of aryl methyl sites for hydroxylation is 3. The third kappa shape index (κ3) is 2.59. The van der Waals surface area contributed by atoms with Crippen LogP contribution >= 0.6 is 0 Å². The van der Waals surface area contributed by atoms with Gasteiger partial charge in [-0.25, -0.2) is 4.98 Å². The molecule has 0 saturated heterocycles. The average Bonchev–Trinajstić information content (AvgIpc) is 3.06. The van der Waals surface area contributed by atoms with Crippen molar-refractivity contribution in [2.45, 2.75) is 20.8 Å². The van der Waals surface area contributed by atoms with Crippen molar-refractivity contribution >= 4 is 22.1 Å². The third-order valence-corrected chi connectivity index (χ3v) is 5.26. The molecule has 3 heteroatoms. The predicted molar refractivity (Wildman–Crippen MR) is 114 cm³/mol. The molecule has 3 heterocycles. The molecule has 0 amide bonds. The van der Waals surface area contributed by atoms with Crippen LogP contribution in [0.2, 0.25) is 0 Å². The zero-order valence-electron chi connectivity index (χ0n) is 16.2. The molecule has 3 aromatic heterocycles. The van der Waals surface area contributed by atoms with Crippen LogP contribution in [-0.2, 0) is 0 Å². The van der Waals surface area contributed by atoms with Crippen LogP contribution in [0.4, 0.5) is 0 Å². The normalized spacial score (nSPS) is 11.4. The van der Waals surface area contributed by atoms with E-state index in [2.05, 4.69) is 67.4 Å². The molecule has 28 heavy (non-hydrogen) atoms. The Kier molecular flexibility index (Phi) is 3.76. The highest BCUT2D eigenvalue weighted by atomic mass is 16.3. The first-order chi connectivity index (χ1) is 13.6. The number of benzene rings is 2. The standard InChI is InChI=1S/C25H20N2O/c1-15-6-10-18(11-7-15)19-5-4-14-26-23(19)22-16(2)8-12-20-21-13-9-17(3)27-25(21)28-24(20)22/h4-14H,1-3H3. The Balaban J connectivity index is 1.84. The van der Waals surface area contributed by atoms with E-state index in [9.17, 15) is 0 Å². The first-order valence-electron chi connectivity index (χ1n) is 9.44. The van der Waals surface area contributed by atoms with Crippen LogP contribution in [0.15, 0.2) is 71.3 Å². The number of pyridine rings is 2. The average molecular weight is 364 g/mol. The Labute approximate surface area is 163 Å². The molecule has 0 aliphatic carbocycles. The summed E-state index contributed by atoms with van der Waals surface area (Å²) in [7, 11) is 0. The second-order valence-corrected chi connectivity index (χ2v) is 7.31. The molecular formula is C25H20N2O. The van der Waals surface area contributed by atoms with E-state index in [1.54, 1.807) is 0 Å². The second-order valence-electron chi connectivity index (χ2n) is 7.31. The van der Waals surface area contributed by atoms with Crippen LogP contribution in [0.25, 0.3) is 44.5 Å². The SMILES string of the molecule is Cc1ccc(-c2cccnc2-c2c(C)ccc3c2oc2nc(C)ccc23)cc1. The van der Waals surface area contributed by atoms with Gasteiger partial charge in [-0.3, -0.25) is 4.98 Å². The van der Waals surface area contributed by atoms with Crippen molar-refractivity contribution in [3.8, 4) is 22.4 Å². The molecule has 0 N–H and O–H groups in total. The summed E-state index contributed by atoms with van der Waals surface area (Å²) in [6.45, 7) is 6.18. The van der Waals surface area contributed by atoms with Crippen molar-refractivity contribution in [3.63, 3.8) is 0 Å². The van der Waals surface area contributed by atoms with Crippen LogP contribution < -0.4 is 0 Å². The summed E-state index contributed by atoms with van der Waals surface area (Å²) in [6, 6.07) is 21.0. The van der Waals surface area contributed by atoms with E-state index < -0.39 is 0 Å². The molecule has 0 radical (unpaired) electrons. The quantitative estimate of drug-likeness (QED) is 0.353. The number of aromatic nitrogens is 2. The smallest absolute Gasteiger partial charge is 0.227 e. The van der Waals surface area contributed by atoms with E-state index in [-0.39, 0.29) is 0 Å². The molecular weight excluding hydrogens is 344 g/mol. The van der Waals surface area contributed by atoms with Crippen molar-refractivity contribution < 1.29 is 4.42 Å². The number of hydrogen-bond donors (Lipinski definition) is 0. The van der Waals surface area contributed by atoms with Crippen molar-refractivity contribution in [1.29, 1.82) is 0 Å². The van der Waals surface area contributed by atoms with Gasteiger partial charge < -0.3 is 4.42 Å². The van der Waals surface area contributed by atoms with Crippen LogP contribution in [0.1, 0.15) is 16.8 Å². The maximum Gasteiger partial charge on any atom is 0.227 e. The van der Waals surface area contributed by atoms with E-state index in [0.29, 0.717) is 5.71 Å². The first-order valence-corrected chi connectivity index (χ1v) is 9.44. The van der Waals surface area contributed by atoms with Crippen molar-refractivity contribution in [2.75, 3.05) is 0 Å². The number of fused-ring (bicyclic) bond motifs is 3. The van der Waals surface area contributed by atoms with E-state index >= 15 is 0 Å². The molecule has 0 bridgehead atoms. The van der Waals surface area contributed by atoms with Gasteiger partial charge in [0.2, 0.25) is 5.71 Å². The minimum absolute atomic E-state index is 0.676. The van der Waals surface area contributed by atoms with E-state index in [1.165, 1.54) is 5.56 Å². The van der Waals surface area contributed by atoms with Gasteiger partial charge in [-0.1, -0.05) is 48.0 Å². The van der Waals surface area contributed by atoms with Gasteiger partial charge in [0.15, 0.2) is 0 Å². The summed E-state index contributed by atoms with van der Waals surface area (Å²) in [4.78, 5) is 9.35. The number of hydrogen-bond acceptors (Lipinski definition) is 3. The number of nitrogens with zero attached hydrogens (tertiary/aromatic N) is 2. The fourth-order valence-electron chi connectivity index (χ4n) is 3.78. The van der Waals surface area contributed by atoms with Crippen LogP contribution in [0.3, 0.4) is 0 Å². The van der Waals surface area contributed by atoms with Gasteiger partial charge in [0.05, 0.1) is 5.69 Å². The van der Waals surface area contributed by atoms with Crippen molar-refractivity contribution in [1.82, 2.24) is 9.97 Å². The summed E-state index contributed by atoms with van der Waals surface area (Å²) < 4.78 is 6.26. The molecule has 0 aliphatic rings. The summed E-state index contributed by atoms with van der Waals surface area (Å²) in [6.07, 6.45) is 1.84. The molecule has 0 fully saturated rings. The lowest BCUT2D eigenvalue weighted by atomic mass is 9.94. The monoisotopic (exact) mass is 364 g/mol. The van der Waals surface area contributed by atoms with Crippen LogP contribution in [0.5, 0.6) is 0 Å². The summed E-state index contributed by atoms with van der Waals surface area (Å²) in [5.74, 6) is 0. The summed E-state index contributed by atoms with van der Waals surface area (Å²) in [5, 5.41) is 2.11. The predicted octanol–water partition coefficient (Wildman–Crippen LogP) is 6.64. The molecule has 0 saturated carbocycles. The van der Waals surface area contributed by atoms with Gasteiger partial charge in [-0.15, -0.1) is 0 Å². The molecule has 136 valence electrons. The molecule has 5 aromatic rings. The molecule has 5 rings (SSSR count). The van der Waals surface area contributed by atoms with Gasteiger partial charge in [-0.2, -0.15) is 0 Å². The molecule has 0 spiro atoms. The highest BCUT2D eigenvalue weighted by molar-refractivity contribution is 6.10. The fraction of sp³-hybridized carbons (Fsp3) is 0.120. The molecule has 0 unspecified atom stereocenters. The van der Waals surface area contributed by atoms with Gasteiger partial charge in [-0.05, 0) is 50.1 Å². The topological polar surface area (TPSA) is 38.9 Å². The Morgan fingerprint density at radius 2 is 1.57 bits per heavy atom. The fourth-order valence-corrected chi connectivity index (χ4v) is 3.78. The van der Waals surface area contributed by atoms with Gasteiger partial charge in [0, 0.05) is 33.8 Å². The minimum atomic E-state index is 0.676. The summed E-state index contributed by atoms with van der Waals surface area (Å²) in [5.41, 5.74) is 9.06. The summed E-state index contributed by atoms with van der Waals surface area (Å²) >= 11 is 0. The number of furan rings is 1. The van der Waals surface area contributed by atoms with Gasteiger partial charge in [0.1, 0.15) is 5.58 Å². The lowest BCUT2D eigenvalue weighted by molar-refractivity contribution is 0.653. The maximum atomic E-state index is 6.26. The molecule has 3 nitrogen and oxygen atoms in total. The lowest BCUT2D eigenvalue weighted by Crippen LogP contribution is -1.92. The van der Waals surface area contributed by atoms with Crippen LogP contribution in [0, 0.1) is 20.8 Å². The van der Waals surface area contributed by atoms with E-state index in [0.717, 1.165) is 50.0 Å². The van der Waals surface area contributed by atoms with Gasteiger partial charge >= 0.3 is 0 Å². The molecule has 2 aromatic carbocycles. The molecule has 0 atom stereocenters. The van der Waals surface area contributed by atoms with E-state index in [1.807, 2.05) is 25.3 Å². The van der Waals surface area contributed by atoms with Crippen molar-refractivity contribution in [2.24, 2.45) is 0 Å². The highest BCUT2D eigenvalue weighted by Crippen LogP contribution is 2.40.